The first-order chi connectivity index (χ1) is 16.0. The summed E-state index contributed by atoms with van der Waals surface area (Å²) in [5.41, 5.74) is 4.14. The molecular formula is C26H28ClFN4O. The summed E-state index contributed by atoms with van der Waals surface area (Å²) in [6.07, 6.45) is 10.0. The van der Waals surface area contributed by atoms with E-state index in [0.29, 0.717) is 12.4 Å². The summed E-state index contributed by atoms with van der Waals surface area (Å²) in [4.78, 5) is 2.55. The number of nitrogens with zero attached hydrogens (tertiary/aromatic N) is 4. The quantitative estimate of drug-likeness (QED) is 0.452. The van der Waals surface area contributed by atoms with Crippen LogP contribution in [-0.4, -0.2) is 45.4 Å². The Morgan fingerprint density at radius 2 is 1.88 bits per heavy atom. The monoisotopic (exact) mass is 466 g/mol. The third-order valence-electron chi connectivity index (χ3n) is 6.81. The maximum atomic E-state index is 13.1. The molecule has 0 amide bonds. The van der Waals surface area contributed by atoms with Gasteiger partial charge in [0.2, 0.25) is 0 Å². The number of rotatable bonds is 6. The van der Waals surface area contributed by atoms with Gasteiger partial charge in [0.25, 0.3) is 0 Å². The molecule has 0 fully saturated rings. The van der Waals surface area contributed by atoms with Crippen LogP contribution < -0.4 is 0 Å². The molecule has 2 unspecified atom stereocenters. The zero-order valence-electron chi connectivity index (χ0n) is 18.9. The van der Waals surface area contributed by atoms with Crippen LogP contribution in [0, 0.1) is 0 Å². The molecule has 172 valence electrons. The van der Waals surface area contributed by atoms with Crippen LogP contribution in [0.4, 0.5) is 4.39 Å². The van der Waals surface area contributed by atoms with Crippen molar-refractivity contribution >= 4 is 17.2 Å². The molecular weight excluding hydrogens is 439 g/mol. The minimum atomic E-state index is -0.456. The molecule has 2 aromatic heterocycles. The van der Waals surface area contributed by atoms with E-state index in [1.165, 1.54) is 11.1 Å². The summed E-state index contributed by atoms with van der Waals surface area (Å²) >= 11 is 6.19. The van der Waals surface area contributed by atoms with Crippen molar-refractivity contribution in [2.45, 2.75) is 44.3 Å². The second-order valence-corrected chi connectivity index (χ2v) is 9.53. The maximum absolute atomic E-state index is 13.1. The number of pyridine rings is 1. The number of hydrogen-bond donors (Lipinski definition) is 0. The average Bonchev–Trinajstić information content (AvgIpc) is 3.45. The number of alkyl halides is 1. The second-order valence-electron chi connectivity index (χ2n) is 9.10. The van der Waals surface area contributed by atoms with Gasteiger partial charge in [0, 0.05) is 23.2 Å². The van der Waals surface area contributed by atoms with E-state index in [0.717, 1.165) is 29.3 Å². The van der Waals surface area contributed by atoms with Gasteiger partial charge in [-0.15, -0.1) is 10.2 Å². The van der Waals surface area contributed by atoms with Gasteiger partial charge >= 0.3 is 0 Å². The highest BCUT2D eigenvalue weighted by Gasteiger charge is 2.42. The number of benzene rings is 1. The standard InChI is InChI=1S/C26H28ClFN4O/c1-26(2,20-4-6-21(27)7-5-20)32-22(18-12-15-33-16-13-18)8-9-23(32)19-3-10-24-29-30-25(11-14-28)31(24)17-19/h3-10,12,17,22-23H,11,13-16H2,1-2H3. The highest BCUT2D eigenvalue weighted by Crippen LogP contribution is 2.44. The predicted octanol–water partition coefficient (Wildman–Crippen LogP) is 5.46. The van der Waals surface area contributed by atoms with Crippen LogP contribution in [0.3, 0.4) is 0 Å². The molecule has 0 saturated heterocycles. The molecule has 2 aliphatic heterocycles. The van der Waals surface area contributed by atoms with Gasteiger partial charge in [-0.2, -0.15) is 0 Å². The maximum Gasteiger partial charge on any atom is 0.160 e. The zero-order valence-corrected chi connectivity index (χ0v) is 19.7. The highest BCUT2D eigenvalue weighted by atomic mass is 35.5. The Bertz CT molecular complexity index is 1200. The number of aromatic nitrogens is 3. The van der Waals surface area contributed by atoms with Crippen LogP contribution in [0.1, 0.15) is 43.3 Å². The van der Waals surface area contributed by atoms with Crippen molar-refractivity contribution in [3.8, 4) is 0 Å². The first-order valence-corrected chi connectivity index (χ1v) is 11.8. The van der Waals surface area contributed by atoms with E-state index < -0.39 is 6.67 Å². The van der Waals surface area contributed by atoms with E-state index in [1.807, 2.05) is 22.6 Å². The minimum absolute atomic E-state index is 0.0365. The Hall–Kier alpha value is -2.54. The second kappa shape index (κ2) is 9.01. The molecule has 5 rings (SSSR count). The van der Waals surface area contributed by atoms with E-state index in [-0.39, 0.29) is 24.0 Å². The summed E-state index contributed by atoms with van der Waals surface area (Å²) in [5.74, 6) is 0.642. The first kappa shape index (κ1) is 22.3. The first-order valence-electron chi connectivity index (χ1n) is 11.4. The molecule has 2 atom stereocenters. The van der Waals surface area contributed by atoms with Crippen molar-refractivity contribution in [3.05, 3.63) is 88.4 Å². The van der Waals surface area contributed by atoms with Gasteiger partial charge in [0.15, 0.2) is 5.65 Å². The molecule has 5 nitrogen and oxygen atoms in total. The van der Waals surface area contributed by atoms with Crippen molar-refractivity contribution in [3.63, 3.8) is 0 Å². The Morgan fingerprint density at radius 1 is 1.09 bits per heavy atom. The smallest absolute Gasteiger partial charge is 0.160 e. The van der Waals surface area contributed by atoms with Crippen LogP contribution in [0.2, 0.25) is 5.02 Å². The third-order valence-corrected chi connectivity index (χ3v) is 7.06. The van der Waals surface area contributed by atoms with E-state index >= 15 is 0 Å². The number of fused-ring (bicyclic) bond motifs is 1. The molecule has 7 heteroatoms. The van der Waals surface area contributed by atoms with E-state index in [4.69, 9.17) is 16.3 Å². The highest BCUT2D eigenvalue weighted by molar-refractivity contribution is 6.30. The molecule has 33 heavy (non-hydrogen) atoms. The largest absolute Gasteiger partial charge is 0.377 e. The third kappa shape index (κ3) is 4.12. The van der Waals surface area contributed by atoms with Gasteiger partial charge in [0.05, 0.1) is 32.0 Å². The Morgan fingerprint density at radius 3 is 2.61 bits per heavy atom. The normalized spacial score (nSPS) is 21.6. The van der Waals surface area contributed by atoms with Gasteiger partial charge in [-0.1, -0.05) is 48.0 Å². The fourth-order valence-electron chi connectivity index (χ4n) is 5.04. The Balaban J connectivity index is 1.59. The van der Waals surface area contributed by atoms with Crippen molar-refractivity contribution in [2.75, 3.05) is 19.9 Å². The van der Waals surface area contributed by atoms with Crippen LogP contribution in [-0.2, 0) is 16.7 Å². The average molecular weight is 467 g/mol. The van der Waals surface area contributed by atoms with E-state index in [9.17, 15) is 4.39 Å². The van der Waals surface area contributed by atoms with Crippen LogP contribution in [0.15, 0.2) is 66.4 Å². The van der Waals surface area contributed by atoms with Gasteiger partial charge in [-0.3, -0.25) is 13.7 Å². The summed E-state index contributed by atoms with van der Waals surface area (Å²) in [6.45, 7) is 5.46. The molecule has 2 aliphatic rings. The van der Waals surface area contributed by atoms with Crippen LogP contribution in [0.25, 0.3) is 5.65 Å². The SMILES string of the molecule is CC(C)(c1ccc(Cl)cc1)N1C(C2=CCOCC2)C=CC1c1ccc2nnc(CCF)n2c1. The number of aryl methyl sites for hydroxylation is 1. The van der Waals surface area contributed by atoms with Gasteiger partial charge in [-0.05, 0) is 55.2 Å². The Labute approximate surface area is 198 Å². The van der Waals surface area contributed by atoms with Gasteiger partial charge in [-0.25, -0.2) is 0 Å². The lowest BCUT2D eigenvalue weighted by Gasteiger charge is -2.45. The summed E-state index contributed by atoms with van der Waals surface area (Å²) in [6, 6.07) is 12.4. The lowest BCUT2D eigenvalue weighted by molar-refractivity contribution is 0.0752. The van der Waals surface area contributed by atoms with Crippen LogP contribution in [0.5, 0.6) is 0 Å². The van der Waals surface area contributed by atoms with Crippen molar-refractivity contribution in [2.24, 2.45) is 0 Å². The predicted molar refractivity (Wildman–Crippen MR) is 128 cm³/mol. The molecule has 0 N–H and O–H groups in total. The molecule has 0 bridgehead atoms. The van der Waals surface area contributed by atoms with Crippen molar-refractivity contribution in [1.82, 2.24) is 19.5 Å². The van der Waals surface area contributed by atoms with E-state index in [1.54, 1.807) is 0 Å². The van der Waals surface area contributed by atoms with Gasteiger partial charge < -0.3 is 4.74 Å². The summed E-state index contributed by atoms with van der Waals surface area (Å²) in [7, 11) is 0. The topological polar surface area (TPSA) is 42.7 Å². The molecule has 3 aromatic rings. The molecule has 0 radical (unpaired) electrons. The van der Waals surface area contributed by atoms with Crippen LogP contribution >= 0.6 is 11.6 Å². The fourth-order valence-corrected chi connectivity index (χ4v) is 5.17. The number of hydrogen-bond acceptors (Lipinski definition) is 4. The van der Waals surface area contributed by atoms with Crippen molar-refractivity contribution < 1.29 is 9.13 Å². The molecule has 0 aliphatic carbocycles. The molecule has 0 saturated carbocycles. The van der Waals surface area contributed by atoms with E-state index in [2.05, 4.69) is 71.6 Å². The fraction of sp³-hybridized carbons (Fsp3) is 0.385. The Kier molecular flexibility index (Phi) is 6.08. The lowest BCUT2D eigenvalue weighted by atomic mass is 9.87. The number of ether oxygens (including phenoxy) is 1. The molecule has 4 heterocycles. The number of halogens is 2. The molecule has 1 aromatic carbocycles. The van der Waals surface area contributed by atoms with Crippen molar-refractivity contribution in [1.29, 1.82) is 0 Å². The minimum Gasteiger partial charge on any atom is -0.377 e. The zero-order chi connectivity index (χ0) is 23.0. The summed E-state index contributed by atoms with van der Waals surface area (Å²) < 4.78 is 20.5. The van der Waals surface area contributed by atoms with Gasteiger partial charge in [0.1, 0.15) is 5.82 Å². The summed E-state index contributed by atoms with van der Waals surface area (Å²) in [5, 5.41) is 9.10. The molecule has 0 spiro atoms. The lowest BCUT2D eigenvalue weighted by Crippen LogP contribution is -2.47.